The lowest BCUT2D eigenvalue weighted by atomic mass is 9.98. The molecule has 0 spiro atoms. The van der Waals surface area contributed by atoms with Gasteiger partial charge in [0, 0.05) is 31.8 Å². The van der Waals surface area contributed by atoms with Crippen molar-refractivity contribution in [3.8, 4) is 0 Å². The molecule has 0 radical (unpaired) electrons. The second kappa shape index (κ2) is 6.18. The zero-order chi connectivity index (χ0) is 13.0. The Balaban J connectivity index is 2.10. The molecule has 0 amide bonds. The molecule has 0 aliphatic carbocycles. The molecule has 1 aromatic rings. The largest absolute Gasteiger partial charge is 0.389 e. The van der Waals surface area contributed by atoms with Crippen LogP contribution in [0, 0.1) is 0 Å². The third-order valence-corrected chi connectivity index (χ3v) is 3.46. The first kappa shape index (κ1) is 13.3. The van der Waals surface area contributed by atoms with Crippen molar-refractivity contribution in [2.75, 3.05) is 38.3 Å². The summed E-state index contributed by atoms with van der Waals surface area (Å²) in [7, 11) is 1.61. The molecule has 3 N–H and O–H groups in total. The van der Waals surface area contributed by atoms with E-state index in [0.29, 0.717) is 25.6 Å². The van der Waals surface area contributed by atoms with Gasteiger partial charge in [-0.1, -0.05) is 18.2 Å². The molecule has 1 heterocycles. The zero-order valence-electron chi connectivity index (χ0n) is 10.9. The van der Waals surface area contributed by atoms with E-state index in [1.807, 2.05) is 6.07 Å². The molecule has 0 bridgehead atoms. The molecule has 0 saturated carbocycles. The number of methoxy groups -OCH3 is 1. The highest BCUT2D eigenvalue weighted by Gasteiger charge is 2.28. The van der Waals surface area contributed by atoms with E-state index in [4.69, 9.17) is 10.5 Å². The number of hydrogen-bond donors (Lipinski definition) is 2. The Morgan fingerprint density at radius 1 is 1.50 bits per heavy atom. The molecule has 0 fully saturated rings. The van der Waals surface area contributed by atoms with Gasteiger partial charge in [-0.3, -0.25) is 0 Å². The quantitative estimate of drug-likeness (QED) is 0.789. The number of rotatable bonds is 6. The minimum Gasteiger partial charge on any atom is -0.389 e. The Bertz CT molecular complexity index is 382. The molecule has 2 atom stereocenters. The average molecular weight is 250 g/mol. The van der Waals surface area contributed by atoms with Crippen LogP contribution in [0.25, 0.3) is 0 Å². The third-order valence-electron chi connectivity index (χ3n) is 3.46. The van der Waals surface area contributed by atoms with Gasteiger partial charge in [0.25, 0.3) is 0 Å². The molecule has 4 nitrogen and oxygen atoms in total. The average Bonchev–Trinajstić information content (AvgIpc) is 2.69. The lowest BCUT2D eigenvalue weighted by Gasteiger charge is -2.23. The third kappa shape index (κ3) is 2.83. The van der Waals surface area contributed by atoms with Crippen LogP contribution in [-0.4, -0.2) is 44.6 Å². The molecule has 2 unspecified atom stereocenters. The minimum absolute atomic E-state index is 0.375. The summed E-state index contributed by atoms with van der Waals surface area (Å²) in [6.07, 6.45) is 0.549. The first-order chi connectivity index (χ1) is 8.76. The minimum atomic E-state index is -0.445. The SMILES string of the molecule is COCC(O)CN1CC(CCN)c2ccccc21. The Kier molecular flexibility index (Phi) is 4.58. The van der Waals surface area contributed by atoms with Gasteiger partial charge in [0.1, 0.15) is 0 Å². The number of anilines is 1. The fourth-order valence-corrected chi connectivity index (χ4v) is 2.70. The number of para-hydroxylation sites is 1. The summed E-state index contributed by atoms with van der Waals surface area (Å²) in [4.78, 5) is 2.24. The second-order valence-electron chi connectivity index (χ2n) is 4.85. The standard InChI is InChI=1S/C14H22N2O2/c1-18-10-12(17)9-16-8-11(6-7-15)13-4-2-3-5-14(13)16/h2-5,11-12,17H,6-10,15H2,1H3. The fourth-order valence-electron chi connectivity index (χ4n) is 2.70. The van der Waals surface area contributed by atoms with Crippen LogP contribution < -0.4 is 10.6 Å². The molecule has 100 valence electrons. The van der Waals surface area contributed by atoms with Gasteiger partial charge in [-0.15, -0.1) is 0 Å². The first-order valence-electron chi connectivity index (χ1n) is 6.47. The normalized spacial score (nSPS) is 19.9. The van der Waals surface area contributed by atoms with Crippen LogP contribution in [-0.2, 0) is 4.74 Å². The molecule has 18 heavy (non-hydrogen) atoms. The van der Waals surface area contributed by atoms with Crippen LogP contribution in [0.2, 0.25) is 0 Å². The van der Waals surface area contributed by atoms with Gasteiger partial charge in [0.15, 0.2) is 0 Å². The number of nitrogens with two attached hydrogens (primary N) is 1. The Morgan fingerprint density at radius 3 is 3.00 bits per heavy atom. The van der Waals surface area contributed by atoms with Crippen molar-refractivity contribution >= 4 is 5.69 Å². The molecule has 0 saturated heterocycles. The van der Waals surface area contributed by atoms with Crippen molar-refractivity contribution in [2.24, 2.45) is 5.73 Å². The summed E-state index contributed by atoms with van der Waals surface area (Å²) in [5, 5.41) is 9.86. The topological polar surface area (TPSA) is 58.7 Å². The predicted octanol–water partition coefficient (Wildman–Crippen LogP) is 0.946. The highest BCUT2D eigenvalue weighted by Crippen LogP contribution is 2.37. The zero-order valence-corrected chi connectivity index (χ0v) is 10.9. The van der Waals surface area contributed by atoms with Gasteiger partial charge in [0.05, 0.1) is 12.7 Å². The number of ether oxygens (including phenoxy) is 1. The smallest absolute Gasteiger partial charge is 0.0947 e. The van der Waals surface area contributed by atoms with E-state index in [1.54, 1.807) is 7.11 Å². The monoisotopic (exact) mass is 250 g/mol. The van der Waals surface area contributed by atoms with Crippen LogP contribution in [0.3, 0.4) is 0 Å². The number of benzene rings is 1. The maximum absolute atomic E-state index is 9.86. The molecular formula is C14H22N2O2. The summed E-state index contributed by atoms with van der Waals surface area (Å²) in [6.45, 7) is 2.64. The van der Waals surface area contributed by atoms with Gasteiger partial charge in [-0.05, 0) is 24.6 Å². The summed E-state index contributed by atoms with van der Waals surface area (Å²) >= 11 is 0. The lowest BCUT2D eigenvalue weighted by molar-refractivity contribution is 0.0689. The molecule has 1 aromatic carbocycles. The first-order valence-corrected chi connectivity index (χ1v) is 6.47. The molecule has 1 aliphatic rings. The maximum Gasteiger partial charge on any atom is 0.0947 e. The van der Waals surface area contributed by atoms with E-state index in [0.717, 1.165) is 13.0 Å². The van der Waals surface area contributed by atoms with Crippen LogP contribution in [0.4, 0.5) is 5.69 Å². The highest BCUT2D eigenvalue weighted by molar-refractivity contribution is 5.60. The van der Waals surface area contributed by atoms with E-state index in [2.05, 4.69) is 23.1 Å². The van der Waals surface area contributed by atoms with Crippen molar-refractivity contribution in [1.29, 1.82) is 0 Å². The van der Waals surface area contributed by atoms with Crippen LogP contribution in [0.1, 0.15) is 17.9 Å². The van der Waals surface area contributed by atoms with Crippen LogP contribution in [0.5, 0.6) is 0 Å². The van der Waals surface area contributed by atoms with Crippen molar-refractivity contribution in [3.63, 3.8) is 0 Å². The van der Waals surface area contributed by atoms with Crippen LogP contribution in [0.15, 0.2) is 24.3 Å². The van der Waals surface area contributed by atoms with Gasteiger partial charge in [-0.25, -0.2) is 0 Å². The number of aliphatic hydroxyl groups excluding tert-OH is 1. The van der Waals surface area contributed by atoms with E-state index in [1.165, 1.54) is 11.3 Å². The Labute approximate surface area is 108 Å². The lowest BCUT2D eigenvalue weighted by Crippen LogP contribution is -2.34. The number of aliphatic hydroxyl groups is 1. The van der Waals surface area contributed by atoms with E-state index >= 15 is 0 Å². The number of fused-ring (bicyclic) bond motifs is 1. The van der Waals surface area contributed by atoms with Crippen molar-refractivity contribution in [1.82, 2.24) is 0 Å². The van der Waals surface area contributed by atoms with Crippen molar-refractivity contribution in [2.45, 2.75) is 18.4 Å². The van der Waals surface area contributed by atoms with E-state index < -0.39 is 6.10 Å². The number of β-amino-alcohol motifs (C(OH)–C–C–N with tert-alkyl or cyclic N) is 1. The molecular weight excluding hydrogens is 228 g/mol. The van der Waals surface area contributed by atoms with E-state index in [9.17, 15) is 5.11 Å². The summed E-state index contributed by atoms with van der Waals surface area (Å²) in [6, 6.07) is 8.39. The predicted molar refractivity (Wildman–Crippen MR) is 73.0 cm³/mol. The van der Waals surface area contributed by atoms with Gasteiger partial charge in [-0.2, -0.15) is 0 Å². The Morgan fingerprint density at radius 2 is 2.28 bits per heavy atom. The van der Waals surface area contributed by atoms with E-state index in [-0.39, 0.29) is 0 Å². The maximum atomic E-state index is 9.86. The summed E-state index contributed by atoms with van der Waals surface area (Å²) < 4.78 is 4.98. The van der Waals surface area contributed by atoms with Gasteiger partial charge >= 0.3 is 0 Å². The highest BCUT2D eigenvalue weighted by atomic mass is 16.5. The van der Waals surface area contributed by atoms with Crippen molar-refractivity contribution in [3.05, 3.63) is 29.8 Å². The van der Waals surface area contributed by atoms with Gasteiger partial charge < -0.3 is 20.5 Å². The molecule has 0 aromatic heterocycles. The molecule has 1 aliphatic heterocycles. The summed E-state index contributed by atoms with van der Waals surface area (Å²) in [5.41, 5.74) is 8.25. The Hall–Kier alpha value is -1.10. The van der Waals surface area contributed by atoms with Gasteiger partial charge in [0.2, 0.25) is 0 Å². The summed E-state index contributed by atoms with van der Waals surface area (Å²) in [5.74, 6) is 0.487. The second-order valence-corrected chi connectivity index (χ2v) is 4.85. The van der Waals surface area contributed by atoms with Crippen LogP contribution >= 0.6 is 0 Å². The van der Waals surface area contributed by atoms with Crippen molar-refractivity contribution < 1.29 is 9.84 Å². The number of nitrogens with zero attached hydrogens (tertiary/aromatic N) is 1. The molecule has 4 heteroatoms. The number of hydrogen-bond acceptors (Lipinski definition) is 4. The fraction of sp³-hybridized carbons (Fsp3) is 0.571. The molecule has 2 rings (SSSR count).